The van der Waals surface area contributed by atoms with Gasteiger partial charge in [-0.2, -0.15) is 19.8 Å². The molecule has 0 atom stereocenters. The predicted octanol–water partition coefficient (Wildman–Crippen LogP) is 1.66. The summed E-state index contributed by atoms with van der Waals surface area (Å²) in [5, 5.41) is 10.8. The normalized spacial score (nSPS) is 15.7. The first-order valence-corrected chi connectivity index (χ1v) is 6.43. The van der Waals surface area contributed by atoms with Crippen molar-refractivity contribution in [2.45, 2.75) is 19.5 Å². The van der Waals surface area contributed by atoms with Crippen LogP contribution in [0.3, 0.4) is 0 Å². The molecule has 1 aliphatic rings. The van der Waals surface area contributed by atoms with E-state index < -0.39 is 5.95 Å². The van der Waals surface area contributed by atoms with E-state index in [0.717, 1.165) is 28.8 Å². The molecule has 0 saturated heterocycles. The highest BCUT2D eigenvalue weighted by Gasteiger charge is 2.21. The summed E-state index contributed by atoms with van der Waals surface area (Å²) >= 11 is 3.36. The second-order valence-electron chi connectivity index (χ2n) is 4.24. The third kappa shape index (κ3) is 2.15. The predicted molar refractivity (Wildman–Crippen MR) is 66.1 cm³/mol. The van der Waals surface area contributed by atoms with Crippen LogP contribution in [0.2, 0.25) is 0 Å². The summed E-state index contributed by atoms with van der Waals surface area (Å²) < 4.78 is 14.4. The standard InChI is InChI=1S/C11H11BrFN5/c12-8-1-3-14-11(13)7(8)5-18-4-2-9-10(6-18)16-17-15-9/h1,3H,2,4-6H2,(H,15,16,17). The van der Waals surface area contributed by atoms with Crippen LogP contribution in [0.15, 0.2) is 16.7 Å². The van der Waals surface area contributed by atoms with E-state index in [9.17, 15) is 4.39 Å². The molecule has 2 aromatic heterocycles. The van der Waals surface area contributed by atoms with Crippen molar-refractivity contribution in [3.63, 3.8) is 0 Å². The zero-order valence-electron chi connectivity index (χ0n) is 9.53. The Morgan fingerprint density at radius 3 is 3.06 bits per heavy atom. The Kier molecular flexibility index (Phi) is 3.09. The average Bonchev–Trinajstić information content (AvgIpc) is 2.81. The molecular weight excluding hydrogens is 301 g/mol. The van der Waals surface area contributed by atoms with Crippen LogP contribution >= 0.6 is 15.9 Å². The van der Waals surface area contributed by atoms with Gasteiger partial charge in [0.05, 0.1) is 11.4 Å². The van der Waals surface area contributed by atoms with Gasteiger partial charge < -0.3 is 0 Å². The molecule has 1 N–H and O–H groups in total. The first-order valence-electron chi connectivity index (χ1n) is 5.64. The van der Waals surface area contributed by atoms with Gasteiger partial charge >= 0.3 is 0 Å². The summed E-state index contributed by atoms with van der Waals surface area (Å²) in [6.07, 6.45) is 2.29. The fraction of sp³-hybridized carbons (Fsp3) is 0.364. The maximum absolute atomic E-state index is 13.6. The molecule has 0 bridgehead atoms. The van der Waals surface area contributed by atoms with Gasteiger partial charge in [-0.15, -0.1) is 0 Å². The molecule has 5 nitrogen and oxygen atoms in total. The molecule has 3 rings (SSSR count). The Hall–Kier alpha value is -1.34. The number of pyridine rings is 1. The summed E-state index contributed by atoms with van der Waals surface area (Å²) in [6, 6.07) is 1.75. The largest absolute Gasteiger partial charge is 0.293 e. The average molecular weight is 312 g/mol. The van der Waals surface area contributed by atoms with Gasteiger partial charge in [0.1, 0.15) is 0 Å². The number of halogens is 2. The smallest absolute Gasteiger partial charge is 0.218 e. The minimum Gasteiger partial charge on any atom is -0.293 e. The van der Waals surface area contributed by atoms with Crippen molar-refractivity contribution < 1.29 is 4.39 Å². The molecule has 0 unspecified atom stereocenters. The number of H-pyrrole nitrogens is 1. The molecule has 7 heteroatoms. The molecule has 0 amide bonds. The Balaban J connectivity index is 1.79. The highest BCUT2D eigenvalue weighted by atomic mass is 79.9. The number of nitrogens with one attached hydrogen (secondary N) is 1. The van der Waals surface area contributed by atoms with Crippen LogP contribution in [0.1, 0.15) is 17.0 Å². The maximum Gasteiger partial charge on any atom is 0.218 e. The topological polar surface area (TPSA) is 57.7 Å². The molecule has 0 spiro atoms. The van der Waals surface area contributed by atoms with Gasteiger partial charge in [-0.3, -0.25) is 4.90 Å². The molecule has 0 saturated carbocycles. The van der Waals surface area contributed by atoms with E-state index in [1.807, 2.05) is 0 Å². The molecule has 3 heterocycles. The summed E-state index contributed by atoms with van der Waals surface area (Å²) in [5.74, 6) is -0.421. The van der Waals surface area contributed by atoms with Crippen molar-refractivity contribution in [3.8, 4) is 0 Å². The van der Waals surface area contributed by atoms with E-state index in [-0.39, 0.29) is 0 Å². The number of hydrogen-bond acceptors (Lipinski definition) is 4. The monoisotopic (exact) mass is 311 g/mol. The summed E-state index contributed by atoms with van der Waals surface area (Å²) in [6.45, 7) is 2.06. The number of aromatic amines is 1. The van der Waals surface area contributed by atoms with E-state index in [4.69, 9.17) is 0 Å². The fourth-order valence-electron chi connectivity index (χ4n) is 2.10. The van der Waals surface area contributed by atoms with Crippen LogP contribution < -0.4 is 0 Å². The lowest BCUT2D eigenvalue weighted by Crippen LogP contribution is -2.30. The van der Waals surface area contributed by atoms with E-state index in [1.54, 1.807) is 6.07 Å². The second kappa shape index (κ2) is 4.74. The number of fused-ring (bicyclic) bond motifs is 1. The Labute approximate surface area is 112 Å². The van der Waals surface area contributed by atoms with Crippen LogP contribution in [0, 0.1) is 5.95 Å². The first-order chi connectivity index (χ1) is 8.74. The zero-order chi connectivity index (χ0) is 12.5. The highest BCUT2D eigenvalue weighted by Crippen LogP contribution is 2.22. The number of hydrogen-bond donors (Lipinski definition) is 1. The Bertz CT molecular complexity index is 550. The molecule has 0 aromatic carbocycles. The van der Waals surface area contributed by atoms with Gasteiger partial charge in [-0.1, -0.05) is 15.9 Å². The van der Waals surface area contributed by atoms with Gasteiger partial charge in [-0.25, -0.2) is 4.98 Å². The number of rotatable bonds is 2. The van der Waals surface area contributed by atoms with Gasteiger partial charge in [0.25, 0.3) is 0 Å². The molecule has 0 aliphatic carbocycles. The highest BCUT2D eigenvalue weighted by molar-refractivity contribution is 9.10. The van der Waals surface area contributed by atoms with E-state index in [2.05, 4.69) is 41.2 Å². The molecule has 0 fully saturated rings. The van der Waals surface area contributed by atoms with Crippen molar-refractivity contribution in [1.29, 1.82) is 0 Å². The summed E-state index contributed by atoms with van der Waals surface area (Å²) in [7, 11) is 0. The Morgan fingerprint density at radius 2 is 2.22 bits per heavy atom. The van der Waals surface area contributed by atoms with E-state index >= 15 is 0 Å². The van der Waals surface area contributed by atoms with Gasteiger partial charge in [0.15, 0.2) is 0 Å². The third-order valence-electron chi connectivity index (χ3n) is 3.07. The minimum absolute atomic E-state index is 0.421. The minimum atomic E-state index is -0.421. The van der Waals surface area contributed by atoms with Crippen LogP contribution in [0.25, 0.3) is 0 Å². The second-order valence-corrected chi connectivity index (χ2v) is 5.09. The van der Waals surface area contributed by atoms with Gasteiger partial charge in [0.2, 0.25) is 5.95 Å². The van der Waals surface area contributed by atoms with Crippen molar-refractivity contribution in [2.75, 3.05) is 6.54 Å². The molecule has 2 aromatic rings. The summed E-state index contributed by atoms with van der Waals surface area (Å²) in [4.78, 5) is 5.82. The maximum atomic E-state index is 13.6. The van der Waals surface area contributed by atoms with Crippen molar-refractivity contribution in [3.05, 3.63) is 39.6 Å². The van der Waals surface area contributed by atoms with Crippen molar-refractivity contribution in [2.24, 2.45) is 0 Å². The van der Waals surface area contributed by atoms with Gasteiger partial charge in [0, 0.05) is 42.3 Å². The van der Waals surface area contributed by atoms with E-state index in [1.165, 1.54) is 6.20 Å². The van der Waals surface area contributed by atoms with Gasteiger partial charge in [-0.05, 0) is 6.07 Å². The third-order valence-corrected chi connectivity index (χ3v) is 3.81. The molecule has 0 radical (unpaired) electrons. The van der Waals surface area contributed by atoms with Crippen LogP contribution in [0.5, 0.6) is 0 Å². The quantitative estimate of drug-likeness (QED) is 0.857. The van der Waals surface area contributed by atoms with Crippen molar-refractivity contribution in [1.82, 2.24) is 25.3 Å². The molecule has 94 valence electrons. The van der Waals surface area contributed by atoms with Crippen LogP contribution in [-0.4, -0.2) is 31.8 Å². The van der Waals surface area contributed by atoms with Crippen molar-refractivity contribution >= 4 is 15.9 Å². The number of nitrogens with zero attached hydrogens (tertiary/aromatic N) is 4. The first kappa shape index (κ1) is 11.7. The lowest BCUT2D eigenvalue weighted by Gasteiger charge is -2.25. The SMILES string of the molecule is Fc1nccc(Br)c1CN1CCc2n[nH]nc2C1. The number of aromatic nitrogens is 4. The fourth-order valence-corrected chi connectivity index (χ4v) is 2.51. The molecule has 1 aliphatic heterocycles. The summed E-state index contributed by atoms with van der Waals surface area (Å²) in [5.41, 5.74) is 2.54. The van der Waals surface area contributed by atoms with Crippen LogP contribution in [-0.2, 0) is 19.5 Å². The lowest BCUT2D eigenvalue weighted by atomic mass is 10.1. The lowest BCUT2D eigenvalue weighted by molar-refractivity contribution is 0.236. The molecule has 18 heavy (non-hydrogen) atoms. The zero-order valence-corrected chi connectivity index (χ0v) is 11.1. The Morgan fingerprint density at radius 1 is 1.39 bits per heavy atom. The van der Waals surface area contributed by atoms with E-state index in [0.29, 0.717) is 18.7 Å². The molecular formula is C11H11BrFN5. The van der Waals surface area contributed by atoms with Crippen LogP contribution in [0.4, 0.5) is 4.39 Å².